The second-order valence-electron chi connectivity index (χ2n) is 7.22. The van der Waals surface area contributed by atoms with Crippen molar-refractivity contribution in [3.8, 4) is 23.6 Å². The van der Waals surface area contributed by atoms with E-state index in [1.807, 2.05) is 6.07 Å². The predicted molar refractivity (Wildman–Crippen MR) is 106 cm³/mol. The van der Waals surface area contributed by atoms with E-state index in [-0.39, 0.29) is 29.4 Å². The fourth-order valence-electron chi connectivity index (χ4n) is 2.92. The van der Waals surface area contributed by atoms with E-state index in [9.17, 15) is 9.18 Å². The number of nitriles is 1. The zero-order valence-corrected chi connectivity index (χ0v) is 17.5. The molecule has 164 valence electrons. The Kier molecular flexibility index (Phi) is 7.20. The van der Waals surface area contributed by atoms with Gasteiger partial charge in [-0.3, -0.25) is 0 Å². The summed E-state index contributed by atoms with van der Waals surface area (Å²) in [7, 11) is 0. The third-order valence-corrected chi connectivity index (χ3v) is 4.47. The van der Waals surface area contributed by atoms with Gasteiger partial charge < -0.3 is 19.0 Å². The molecule has 2 aromatic rings. The normalized spacial score (nSPS) is 14.7. The summed E-state index contributed by atoms with van der Waals surface area (Å²) in [5.74, 6) is -0.225. The molecule has 0 spiro atoms. The van der Waals surface area contributed by atoms with Crippen molar-refractivity contribution in [2.45, 2.75) is 45.8 Å². The lowest BCUT2D eigenvalue weighted by Gasteiger charge is -2.30. The molecule has 9 nitrogen and oxygen atoms in total. The van der Waals surface area contributed by atoms with Gasteiger partial charge in [-0.15, -0.1) is 5.06 Å². The maximum Gasteiger partial charge on any atom is 0.528 e. The largest absolute Gasteiger partial charge is 0.528 e. The van der Waals surface area contributed by atoms with Crippen LogP contribution in [-0.2, 0) is 9.57 Å². The first-order chi connectivity index (χ1) is 14.9. The fraction of sp³-hybridized carbons (Fsp3) is 0.429. The molecule has 0 unspecified atom stereocenters. The number of hydrogen-bond donors (Lipinski definition) is 0. The monoisotopic (exact) mass is 430 g/mol. The molecule has 1 aromatic heterocycles. The van der Waals surface area contributed by atoms with Crippen LogP contribution in [-0.4, -0.2) is 46.5 Å². The summed E-state index contributed by atoms with van der Waals surface area (Å²) in [6.45, 7) is 6.19. The lowest BCUT2D eigenvalue weighted by Crippen LogP contribution is -2.40. The smallest absolute Gasteiger partial charge is 0.474 e. The number of rotatable bonds is 6. The maximum atomic E-state index is 14.1. The van der Waals surface area contributed by atoms with Crippen molar-refractivity contribution in [3.63, 3.8) is 0 Å². The summed E-state index contributed by atoms with van der Waals surface area (Å²) in [6, 6.07) is 5.79. The summed E-state index contributed by atoms with van der Waals surface area (Å²) in [4.78, 5) is 25.0. The van der Waals surface area contributed by atoms with Crippen LogP contribution in [0.15, 0.2) is 24.5 Å². The van der Waals surface area contributed by atoms with E-state index in [4.69, 9.17) is 24.3 Å². The number of hydroxylamine groups is 2. The Bertz CT molecular complexity index is 971. The number of aromatic nitrogens is 2. The van der Waals surface area contributed by atoms with Crippen LogP contribution in [0.4, 0.5) is 9.18 Å². The van der Waals surface area contributed by atoms with Gasteiger partial charge in [0.15, 0.2) is 11.6 Å². The van der Waals surface area contributed by atoms with Gasteiger partial charge in [0.2, 0.25) is 11.8 Å². The second-order valence-corrected chi connectivity index (χ2v) is 7.22. The van der Waals surface area contributed by atoms with Crippen molar-refractivity contribution in [1.82, 2.24) is 15.0 Å². The van der Waals surface area contributed by atoms with E-state index in [1.54, 1.807) is 25.8 Å². The van der Waals surface area contributed by atoms with Crippen LogP contribution in [0.1, 0.15) is 37.8 Å². The molecule has 2 heterocycles. The Morgan fingerprint density at radius 2 is 1.97 bits per heavy atom. The van der Waals surface area contributed by atoms with Crippen LogP contribution < -0.4 is 9.47 Å². The summed E-state index contributed by atoms with van der Waals surface area (Å²) in [6.07, 6.45) is 1.38. The Morgan fingerprint density at radius 1 is 1.26 bits per heavy atom. The molecule has 1 saturated heterocycles. The molecule has 0 aliphatic carbocycles. The molecule has 1 aliphatic rings. The first-order valence-corrected chi connectivity index (χ1v) is 9.85. The summed E-state index contributed by atoms with van der Waals surface area (Å²) in [5.41, 5.74) is 0.714. The predicted octanol–water partition coefficient (Wildman–Crippen LogP) is 3.91. The summed E-state index contributed by atoms with van der Waals surface area (Å²) in [5, 5.41) is 10.4. The van der Waals surface area contributed by atoms with Crippen molar-refractivity contribution < 1.29 is 28.2 Å². The third kappa shape index (κ3) is 6.02. The Morgan fingerprint density at radius 3 is 2.61 bits per heavy atom. The van der Waals surface area contributed by atoms with Gasteiger partial charge in [0, 0.05) is 25.9 Å². The summed E-state index contributed by atoms with van der Waals surface area (Å²) < 4.78 is 30.6. The van der Waals surface area contributed by atoms with E-state index >= 15 is 0 Å². The Balaban J connectivity index is 1.59. The first-order valence-electron chi connectivity index (χ1n) is 9.85. The number of ether oxygens (including phenoxy) is 3. The molecule has 1 aromatic carbocycles. The number of nitrogens with zero attached hydrogens (tertiary/aromatic N) is 4. The number of benzene rings is 1. The Labute approximate surface area is 179 Å². The molecule has 0 radical (unpaired) electrons. The van der Waals surface area contributed by atoms with Gasteiger partial charge in [0.1, 0.15) is 12.4 Å². The van der Waals surface area contributed by atoms with Crippen molar-refractivity contribution in [2.75, 3.05) is 13.1 Å². The molecule has 0 atom stereocenters. The molecular formula is C21H23FN4O5. The van der Waals surface area contributed by atoms with Crippen molar-refractivity contribution in [1.29, 1.82) is 5.26 Å². The molecule has 0 saturated carbocycles. The standard InChI is InChI=1S/C21H23FN4O5/c1-13(2)28-21(27)31-26-8-6-16(7-9-26)29-19-14(3)20(25-12-24-19)30-18-5-4-15(11-23)10-17(18)22/h4-5,10,12-13,16H,6-9H2,1-3H3. The van der Waals surface area contributed by atoms with Crippen molar-refractivity contribution >= 4 is 6.16 Å². The van der Waals surface area contributed by atoms with Crippen LogP contribution in [0.5, 0.6) is 17.5 Å². The molecule has 31 heavy (non-hydrogen) atoms. The van der Waals surface area contributed by atoms with Gasteiger partial charge in [-0.25, -0.2) is 19.2 Å². The molecule has 10 heteroatoms. The number of hydrogen-bond acceptors (Lipinski definition) is 9. The Hall–Kier alpha value is -3.45. The van der Waals surface area contributed by atoms with E-state index in [2.05, 4.69) is 9.97 Å². The molecule has 0 N–H and O–H groups in total. The highest BCUT2D eigenvalue weighted by atomic mass is 19.1. The number of carbonyl (C=O) groups is 1. The van der Waals surface area contributed by atoms with E-state index < -0.39 is 12.0 Å². The zero-order valence-electron chi connectivity index (χ0n) is 17.5. The number of carbonyl (C=O) groups excluding carboxylic acids is 1. The van der Waals surface area contributed by atoms with Gasteiger partial charge in [0.05, 0.1) is 23.3 Å². The average Bonchev–Trinajstić information content (AvgIpc) is 2.73. The van der Waals surface area contributed by atoms with Crippen LogP contribution in [0.3, 0.4) is 0 Å². The molecule has 1 aliphatic heterocycles. The van der Waals surface area contributed by atoms with Gasteiger partial charge >= 0.3 is 6.16 Å². The minimum Gasteiger partial charge on any atom is -0.474 e. The first kappa shape index (κ1) is 22.2. The fourth-order valence-corrected chi connectivity index (χ4v) is 2.92. The molecule has 1 fully saturated rings. The van der Waals surface area contributed by atoms with Gasteiger partial charge in [-0.2, -0.15) is 5.26 Å². The SMILES string of the molecule is Cc1c(Oc2ccc(C#N)cc2F)ncnc1OC1CCN(OC(=O)OC(C)C)CC1. The number of piperidine rings is 1. The topological polar surface area (TPSA) is 107 Å². The van der Waals surface area contributed by atoms with E-state index in [0.29, 0.717) is 37.4 Å². The van der Waals surface area contributed by atoms with Crippen LogP contribution in [0.25, 0.3) is 0 Å². The third-order valence-electron chi connectivity index (χ3n) is 4.47. The van der Waals surface area contributed by atoms with Gasteiger partial charge in [0.25, 0.3) is 0 Å². The number of halogens is 1. The average molecular weight is 430 g/mol. The van der Waals surface area contributed by atoms with Crippen molar-refractivity contribution in [2.24, 2.45) is 0 Å². The lowest BCUT2D eigenvalue weighted by molar-refractivity contribution is -0.151. The highest BCUT2D eigenvalue weighted by Gasteiger charge is 2.25. The highest BCUT2D eigenvalue weighted by molar-refractivity contribution is 5.59. The van der Waals surface area contributed by atoms with Crippen molar-refractivity contribution in [3.05, 3.63) is 41.5 Å². The van der Waals surface area contributed by atoms with Crippen LogP contribution in [0.2, 0.25) is 0 Å². The molecule has 0 amide bonds. The molecule has 0 bridgehead atoms. The molecular weight excluding hydrogens is 407 g/mol. The highest BCUT2D eigenvalue weighted by Crippen LogP contribution is 2.30. The minimum atomic E-state index is -0.724. The van der Waals surface area contributed by atoms with Crippen LogP contribution >= 0.6 is 0 Å². The lowest BCUT2D eigenvalue weighted by atomic mass is 10.1. The van der Waals surface area contributed by atoms with E-state index in [1.165, 1.54) is 18.5 Å². The quantitative estimate of drug-likeness (QED) is 0.630. The zero-order chi connectivity index (χ0) is 22.4. The minimum absolute atomic E-state index is 0.0505. The van der Waals surface area contributed by atoms with E-state index in [0.717, 1.165) is 6.07 Å². The maximum absolute atomic E-state index is 14.1. The second kappa shape index (κ2) is 10.0. The van der Waals surface area contributed by atoms with Gasteiger partial charge in [-0.05, 0) is 39.0 Å². The van der Waals surface area contributed by atoms with Crippen LogP contribution in [0, 0.1) is 24.1 Å². The van der Waals surface area contributed by atoms with Gasteiger partial charge in [-0.1, -0.05) is 0 Å². The molecule has 3 rings (SSSR count). The summed E-state index contributed by atoms with van der Waals surface area (Å²) >= 11 is 0.